The molecule has 2 aromatic carbocycles. The molecule has 2 rings (SSSR count). The van der Waals surface area contributed by atoms with E-state index in [0.717, 1.165) is 16.7 Å². The van der Waals surface area contributed by atoms with Crippen molar-refractivity contribution in [1.82, 2.24) is 0 Å². The minimum absolute atomic E-state index is 0.0419. The van der Waals surface area contributed by atoms with Crippen LogP contribution in [-0.4, -0.2) is 31.5 Å². The van der Waals surface area contributed by atoms with Gasteiger partial charge in [0, 0.05) is 12.0 Å². The minimum Gasteiger partial charge on any atom is -0.504 e. The highest BCUT2D eigenvalue weighted by Crippen LogP contribution is 2.39. The largest absolute Gasteiger partial charge is 0.504 e. The molecule has 0 radical (unpaired) electrons. The number of rotatable bonds is 5. The Hall–Kier alpha value is -2.56. The van der Waals surface area contributed by atoms with Crippen molar-refractivity contribution in [3.05, 3.63) is 41.0 Å². The lowest BCUT2D eigenvalue weighted by Gasteiger charge is -2.13. The van der Waals surface area contributed by atoms with Crippen LogP contribution in [0.4, 0.5) is 0 Å². The monoisotopic (exact) mass is 304 g/mol. The third kappa shape index (κ3) is 3.03. The van der Waals surface area contributed by atoms with E-state index in [4.69, 9.17) is 14.2 Å². The summed E-state index contributed by atoms with van der Waals surface area (Å²) in [6.07, 6.45) is 0.455. The molecule has 0 aliphatic carbocycles. The molecule has 22 heavy (non-hydrogen) atoms. The fraction of sp³-hybridized carbons (Fsp3) is 0.294. The van der Waals surface area contributed by atoms with Gasteiger partial charge in [-0.2, -0.15) is 0 Å². The van der Waals surface area contributed by atoms with Gasteiger partial charge in [-0.25, -0.2) is 0 Å². The summed E-state index contributed by atoms with van der Waals surface area (Å²) in [5.74, 6) is 1.16. The van der Waals surface area contributed by atoms with Gasteiger partial charge in [-0.3, -0.25) is 0 Å². The number of ether oxygens (including phenoxy) is 3. The molecule has 0 amide bonds. The van der Waals surface area contributed by atoms with Gasteiger partial charge in [0.25, 0.3) is 0 Å². The number of hydrogen-bond donors (Lipinski definition) is 2. The van der Waals surface area contributed by atoms with Gasteiger partial charge in [-0.05, 0) is 36.2 Å². The van der Waals surface area contributed by atoms with Crippen LogP contribution in [0.15, 0.2) is 24.3 Å². The molecule has 0 heterocycles. The summed E-state index contributed by atoms with van der Waals surface area (Å²) in [4.78, 5) is 0. The van der Waals surface area contributed by atoms with Gasteiger partial charge in [0.15, 0.2) is 23.0 Å². The summed E-state index contributed by atoms with van der Waals surface area (Å²) in [5.41, 5.74) is 2.56. The molecule has 0 aliphatic heterocycles. The number of methoxy groups -OCH3 is 3. The lowest BCUT2D eigenvalue weighted by atomic mass is 10.0. The molecule has 2 N–H and O–H groups in total. The molecule has 0 saturated heterocycles. The van der Waals surface area contributed by atoms with E-state index in [1.807, 2.05) is 13.0 Å². The average Bonchev–Trinajstić information content (AvgIpc) is 2.51. The summed E-state index contributed by atoms with van der Waals surface area (Å²) >= 11 is 0. The van der Waals surface area contributed by atoms with Crippen LogP contribution in [0, 0.1) is 6.92 Å². The molecule has 5 nitrogen and oxygen atoms in total. The van der Waals surface area contributed by atoms with Crippen molar-refractivity contribution in [2.75, 3.05) is 21.3 Å². The zero-order chi connectivity index (χ0) is 16.3. The highest BCUT2D eigenvalue weighted by molar-refractivity contribution is 5.55. The van der Waals surface area contributed by atoms with E-state index in [2.05, 4.69) is 0 Å². The van der Waals surface area contributed by atoms with Crippen LogP contribution in [0.25, 0.3) is 0 Å². The predicted molar refractivity (Wildman–Crippen MR) is 83.4 cm³/mol. The van der Waals surface area contributed by atoms with Crippen molar-refractivity contribution < 1.29 is 24.4 Å². The summed E-state index contributed by atoms with van der Waals surface area (Å²) in [7, 11) is 4.47. The van der Waals surface area contributed by atoms with Gasteiger partial charge in [-0.15, -0.1) is 0 Å². The van der Waals surface area contributed by atoms with E-state index in [-0.39, 0.29) is 11.5 Å². The zero-order valence-corrected chi connectivity index (χ0v) is 13.1. The molecule has 0 aromatic heterocycles. The van der Waals surface area contributed by atoms with Crippen LogP contribution >= 0.6 is 0 Å². The Morgan fingerprint density at radius 1 is 0.773 bits per heavy atom. The van der Waals surface area contributed by atoms with Crippen LogP contribution in [0.1, 0.15) is 16.7 Å². The Morgan fingerprint density at radius 2 is 1.27 bits per heavy atom. The van der Waals surface area contributed by atoms with E-state index in [1.54, 1.807) is 18.2 Å². The fourth-order valence-corrected chi connectivity index (χ4v) is 2.38. The minimum atomic E-state index is -0.0419. The van der Waals surface area contributed by atoms with Crippen LogP contribution in [0.2, 0.25) is 0 Å². The summed E-state index contributed by atoms with van der Waals surface area (Å²) in [6.45, 7) is 1.93. The third-order valence-electron chi connectivity index (χ3n) is 3.45. The first-order valence-corrected chi connectivity index (χ1v) is 6.80. The maximum absolute atomic E-state index is 10.2. The van der Waals surface area contributed by atoms with Gasteiger partial charge >= 0.3 is 0 Å². The second kappa shape index (κ2) is 6.47. The average molecular weight is 304 g/mol. The Balaban J connectivity index is 2.45. The topological polar surface area (TPSA) is 68.2 Å². The molecular weight excluding hydrogens is 284 g/mol. The summed E-state index contributed by atoms with van der Waals surface area (Å²) in [5, 5.41) is 20.2. The van der Waals surface area contributed by atoms with Gasteiger partial charge in [0.1, 0.15) is 0 Å². The standard InChI is InChI=1S/C17H20O5/c1-10-5-12(16(18)13(6-10)20-2)7-11-8-14(21-3)17(19)15(9-11)22-4/h5-6,8-9,18-19H,7H2,1-4H3. The van der Waals surface area contributed by atoms with E-state index >= 15 is 0 Å². The third-order valence-corrected chi connectivity index (χ3v) is 3.45. The van der Waals surface area contributed by atoms with E-state index in [1.165, 1.54) is 21.3 Å². The second-order valence-corrected chi connectivity index (χ2v) is 5.00. The highest BCUT2D eigenvalue weighted by atomic mass is 16.5. The van der Waals surface area contributed by atoms with Crippen LogP contribution in [0.5, 0.6) is 28.7 Å². The number of phenolic OH excluding ortho intramolecular Hbond substituents is 2. The van der Waals surface area contributed by atoms with Crippen molar-refractivity contribution in [2.24, 2.45) is 0 Å². The van der Waals surface area contributed by atoms with Crippen molar-refractivity contribution in [3.63, 3.8) is 0 Å². The first-order valence-electron chi connectivity index (χ1n) is 6.80. The van der Waals surface area contributed by atoms with Crippen LogP contribution in [0.3, 0.4) is 0 Å². The summed E-state index contributed by atoms with van der Waals surface area (Å²) in [6, 6.07) is 7.10. The molecule has 0 unspecified atom stereocenters. The fourth-order valence-electron chi connectivity index (χ4n) is 2.38. The summed E-state index contributed by atoms with van der Waals surface area (Å²) < 4.78 is 15.5. The van der Waals surface area contributed by atoms with Gasteiger partial charge < -0.3 is 24.4 Å². The zero-order valence-electron chi connectivity index (χ0n) is 13.1. The van der Waals surface area contributed by atoms with Gasteiger partial charge in [0.2, 0.25) is 5.75 Å². The quantitative estimate of drug-likeness (QED) is 0.888. The SMILES string of the molecule is COc1cc(C)cc(Cc2cc(OC)c(O)c(OC)c2)c1O. The van der Waals surface area contributed by atoms with E-state index in [9.17, 15) is 10.2 Å². The maximum Gasteiger partial charge on any atom is 0.200 e. The van der Waals surface area contributed by atoms with E-state index in [0.29, 0.717) is 23.7 Å². The molecule has 0 bridgehead atoms. The molecule has 118 valence electrons. The maximum atomic E-state index is 10.2. The van der Waals surface area contributed by atoms with Crippen LogP contribution in [-0.2, 0) is 6.42 Å². The second-order valence-electron chi connectivity index (χ2n) is 5.00. The predicted octanol–water partition coefficient (Wildman–Crippen LogP) is 3.02. The molecule has 0 aliphatic rings. The van der Waals surface area contributed by atoms with Crippen molar-refractivity contribution in [3.8, 4) is 28.7 Å². The lowest BCUT2D eigenvalue weighted by Crippen LogP contribution is -1.96. The highest BCUT2D eigenvalue weighted by Gasteiger charge is 2.14. The molecule has 0 atom stereocenters. The molecule has 2 aromatic rings. The smallest absolute Gasteiger partial charge is 0.200 e. The lowest BCUT2D eigenvalue weighted by molar-refractivity contribution is 0.339. The van der Waals surface area contributed by atoms with Crippen LogP contribution < -0.4 is 14.2 Å². The number of benzene rings is 2. The molecule has 0 spiro atoms. The number of aryl methyl sites for hydroxylation is 1. The van der Waals surface area contributed by atoms with Crippen molar-refractivity contribution >= 4 is 0 Å². The Bertz CT molecular complexity index is 654. The Kier molecular flexibility index (Phi) is 4.65. The Labute approximate surface area is 129 Å². The normalized spacial score (nSPS) is 10.4. The van der Waals surface area contributed by atoms with Gasteiger partial charge in [-0.1, -0.05) is 6.07 Å². The van der Waals surface area contributed by atoms with Crippen molar-refractivity contribution in [1.29, 1.82) is 0 Å². The Morgan fingerprint density at radius 3 is 1.77 bits per heavy atom. The number of hydrogen-bond acceptors (Lipinski definition) is 5. The molecule has 0 fully saturated rings. The number of phenols is 2. The first kappa shape index (κ1) is 15.8. The molecular formula is C17H20O5. The first-order chi connectivity index (χ1) is 10.5. The molecule has 5 heteroatoms. The molecule has 0 saturated carbocycles. The van der Waals surface area contributed by atoms with Crippen molar-refractivity contribution in [2.45, 2.75) is 13.3 Å². The van der Waals surface area contributed by atoms with Gasteiger partial charge in [0.05, 0.1) is 21.3 Å². The van der Waals surface area contributed by atoms with E-state index < -0.39 is 0 Å². The number of aromatic hydroxyl groups is 2.